The fourth-order valence-electron chi connectivity index (χ4n) is 2.68. The van der Waals surface area contributed by atoms with Crippen LogP contribution in [0.1, 0.15) is 29.0 Å². The Morgan fingerprint density at radius 3 is 2.27 bits per heavy atom. The molecule has 0 aromatic carbocycles. The van der Waals surface area contributed by atoms with Crippen molar-refractivity contribution in [2.75, 3.05) is 6.54 Å². The van der Waals surface area contributed by atoms with E-state index >= 15 is 0 Å². The van der Waals surface area contributed by atoms with Gasteiger partial charge in [-0.15, -0.1) is 35.1 Å². The minimum atomic E-state index is 0. The molecule has 3 nitrogen and oxygen atoms in total. The first-order chi connectivity index (χ1) is 10.3. The van der Waals surface area contributed by atoms with Gasteiger partial charge in [-0.2, -0.15) is 0 Å². The molecular weight excluding hydrogens is 336 g/mol. The summed E-state index contributed by atoms with van der Waals surface area (Å²) in [6.45, 7) is 2.50. The number of halogens is 1. The Bertz CT molecular complexity index is 514. The van der Waals surface area contributed by atoms with Gasteiger partial charge in [0.1, 0.15) is 0 Å². The molecule has 1 aliphatic heterocycles. The molecule has 6 heteroatoms. The molecule has 1 N–H and O–H groups in total. The lowest BCUT2D eigenvalue weighted by Gasteiger charge is -2.23. The van der Waals surface area contributed by atoms with Crippen molar-refractivity contribution in [3.8, 4) is 0 Å². The molecule has 0 saturated carbocycles. The van der Waals surface area contributed by atoms with E-state index in [1.807, 2.05) is 17.0 Å². The van der Waals surface area contributed by atoms with Crippen LogP contribution in [-0.4, -0.2) is 23.4 Å². The topological polar surface area (TPSA) is 32.3 Å². The van der Waals surface area contributed by atoms with E-state index in [-0.39, 0.29) is 18.3 Å². The monoisotopic (exact) mass is 356 g/mol. The third-order valence-corrected chi connectivity index (χ3v) is 5.51. The normalized spacial score (nSPS) is 17.2. The van der Waals surface area contributed by atoms with Gasteiger partial charge in [0.15, 0.2) is 0 Å². The maximum atomic E-state index is 12.6. The summed E-state index contributed by atoms with van der Waals surface area (Å²) in [6.07, 6.45) is 2.93. The summed E-state index contributed by atoms with van der Waals surface area (Å²) in [4.78, 5) is 17.1. The Morgan fingerprint density at radius 2 is 1.82 bits per heavy atom. The van der Waals surface area contributed by atoms with Crippen LogP contribution in [0.25, 0.3) is 0 Å². The fraction of sp³-hybridized carbons (Fsp3) is 0.438. The van der Waals surface area contributed by atoms with E-state index in [9.17, 15) is 4.79 Å². The Balaban J connectivity index is 0.00000176. The van der Waals surface area contributed by atoms with Crippen molar-refractivity contribution in [1.82, 2.24) is 10.2 Å². The smallest absolute Gasteiger partial charge is 0.224 e. The third-order valence-electron chi connectivity index (χ3n) is 3.79. The van der Waals surface area contributed by atoms with Crippen LogP contribution < -0.4 is 5.32 Å². The first-order valence-corrected chi connectivity index (χ1v) is 9.13. The van der Waals surface area contributed by atoms with Crippen LogP contribution in [0.3, 0.4) is 0 Å². The maximum absolute atomic E-state index is 12.6. The quantitative estimate of drug-likeness (QED) is 0.851. The van der Waals surface area contributed by atoms with Gasteiger partial charge in [0.05, 0.1) is 13.1 Å². The lowest BCUT2D eigenvalue weighted by Crippen LogP contribution is -2.34. The molecule has 2 aromatic rings. The molecule has 1 saturated heterocycles. The number of hydrogen-bond acceptors (Lipinski definition) is 4. The van der Waals surface area contributed by atoms with Crippen molar-refractivity contribution in [3.63, 3.8) is 0 Å². The molecule has 1 aliphatic rings. The molecule has 2 aromatic heterocycles. The van der Waals surface area contributed by atoms with Gasteiger partial charge >= 0.3 is 0 Å². The zero-order valence-electron chi connectivity index (χ0n) is 12.4. The Labute approximate surface area is 145 Å². The molecule has 0 radical (unpaired) electrons. The summed E-state index contributed by atoms with van der Waals surface area (Å²) in [7, 11) is 0. The van der Waals surface area contributed by atoms with Crippen molar-refractivity contribution < 1.29 is 4.79 Å². The molecule has 3 rings (SSSR count). The second kappa shape index (κ2) is 8.67. The van der Waals surface area contributed by atoms with E-state index in [1.54, 1.807) is 22.7 Å². The van der Waals surface area contributed by atoms with Gasteiger partial charge in [-0.05, 0) is 42.3 Å². The van der Waals surface area contributed by atoms with Gasteiger partial charge < -0.3 is 10.2 Å². The summed E-state index contributed by atoms with van der Waals surface area (Å²) in [5.41, 5.74) is 0. The lowest BCUT2D eigenvalue weighted by molar-refractivity contribution is -0.132. The standard InChI is InChI=1S/C16H20N2OS2.ClH/c19-16(10-13-4-1-7-17-13)18(11-14-5-2-8-20-14)12-15-6-3-9-21-15;/h2-3,5-6,8-9,13,17H,1,4,7,10-12H2;1H. The lowest BCUT2D eigenvalue weighted by atomic mass is 10.1. The summed E-state index contributed by atoms with van der Waals surface area (Å²) in [6, 6.07) is 8.67. The van der Waals surface area contributed by atoms with Crippen LogP contribution in [0, 0.1) is 0 Å². The Hall–Kier alpha value is -0.880. The number of carbonyl (C=O) groups excluding carboxylic acids is 1. The van der Waals surface area contributed by atoms with E-state index in [2.05, 4.69) is 28.2 Å². The Morgan fingerprint density at radius 1 is 1.18 bits per heavy atom. The highest BCUT2D eigenvalue weighted by molar-refractivity contribution is 7.10. The minimum Gasteiger partial charge on any atom is -0.332 e. The van der Waals surface area contributed by atoms with Crippen LogP contribution in [0.4, 0.5) is 0 Å². The first kappa shape index (κ1) is 17.5. The predicted molar refractivity (Wildman–Crippen MR) is 95.8 cm³/mol. The summed E-state index contributed by atoms with van der Waals surface area (Å²) < 4.78 is 0. The van der Waals surface area contributed by atoms with Crippen LogP contribution in [-0.2, 0) is 17.9 Å². The van der Waals surface area contributed by atoms with Crippen molar-refractivity contribution in [2.45, 2.75) is 38.4 Å². The number of carbonyl (C=O) groups is 1. The van der Waals surface area contributed by atoms with Crippen molar-refractivity contribution in [1.29, 1.82) is 0 Å². The minimum absolute atomic E-state index is 0. The highest BCUT2D eigenvalue weighted by atomic mass is 35.5. The van der Waals surface area contributed by atoms with Crippen molar-refractivity contribution >= 4 is 41.0 Å². The van der Waals surface area contributed by atoms with E-state index in [0.29, 0.717) is 12.5 Å². The molecule has 120 valence electrons. The highest BCUT2D eigenvalue weighted by Gasteiger charge is 2.22. The van der Waals surface area contributed by atoms with Crippen LogP contribution in [0.2, 0.25) is 0 Å². The predicted octanol–water partition coefficient (Wildman–Crippen LogP) is 3.90. The van der Waals surface area contributed by atoms with E-state index in [1.165, 1.54) is 16.2 Å². The van der Waals surface area contributed by atoms with Crippen molar-refractivity contribution in [2.24, 2.45) is 0 Å². The molecule has 22 heavy (non-hydrogen) atoms. The van der Waals surface area contributed by atoms with Crippen molar-refractivity contribution in [3.05, 3.63) is 44.8 Å². The van der Waals surface area contributed by atoms with E-state index in [0.717, 1.165) is 26.1 Å². The summed E-state index contributed by atoms with van der Waals surface area (Å²) >= 11 is 3.44. The fourth-order valence-corrected chi connectivity index (χ4v) is 4.12. The number of nitrogens with zero attached hydrogens (tertiary/aromatic N) is 1. The van der Waals surface area contributed by atoms with E-state index in [4.69, 9.17) is 0 Å². The zero-order chi connectivity index (χ0) is 14.5. The average Bonchev–Trinajstić information content (AvgIpc) is 3.21. The highest BCUT2D eigenvalue weighted by Crippen LogP contribution is 2.19. The summed E-state index contributed by atoms with van der Waals surface area (Å²) in [5, 5.41) is 7.56. The van der Waals surface area contributed by atoms with Gasteiger partial charge in [0.2, 0.25) is 5.91 Å². The van der Waals surface area contributed by atoms with Gasteiger partial charge in [-0.3, -0.25) is 4.79 Å². The molecule has 0 bridgehead atoms. The molecule has 3 heterocycles. The second-order valence-corrected chi connectivity index (χ2v) is 7.47. The number of amides is 1. The molecule has 0 aliphatic carbocycles. The second-order valence-electron chi connectivity index (χ2n) is 5.41. The van der Waals surface area contributed by atoms with Crippen LogP contribution >= 0.6 is 35.1 Å². The van der Waals surface area contributed by atoms with Gasteiger partial charge in [0.25, 0.3) is 0 Å². The number of rotatable bonds is 6. The maximum Gasteiger partial charge on any atom is 0.224 e. The van der Waals surface area contributed by atoms with Crippen LogP contribution in [0.15, 0.2) is 35.0 Å². The zero-order valence-corrected chi connectivity index (χ0v) is 14.8. The summed E-state index contributed by atoms with van der Waals surface area (Å²) in [5.74, 6) is 0.260. The third kappa shape index (κ3) is 4.81. The van der Waals surface area contributed by atoms with Crippen LogP contribution in [0.5, 0.6) is 0 Å². The molecule has 1 atom stereocenters. The SMILES string of the molecule is Cl.O=C(CC1CCCN1)N(Cc1cccs1)Cc1cccs1. The van der Waals surface area contributed by atoms with E-state index < -0.39 is 0 Å². The first-order valence-electron chi connectivity index (χ1n) is 7.37. The molecule has 1 amide bonds. The number of hydrogen-bond donors (Lipinski definition) is 1. The molecule has 1 unspecified atom stereocenters. The molecular formula is C16H21ClN2OS2. The average molecular weight is 357 g/mol. The molecule has 1 fully saturated rings. The van der Waals surface area contributed by atoms with Gasteiger partial charge in [-0.1, -0.05) is 12.1 Å². The number of nitrogens with one attached hydrogen (secondary N) is 1. The van der Waals surface area contributed by atoms with Gasteiger partial charge in [-0.25, -0.2) is 0 Å². The number of thiophene rings is 2. The largest absolute Gasteiger partial charge is 0.332 e. The van der Waals surface area contributed by atoms with Gasteiger partial charge in [0, 0.05) is 22.2 Å². The Kier molecular flexibility index (Phi) is 6.89. The molecule has 0 spiro atoms.